The van der Waals surface area contributed by atoms with Gasteiger partial charge < -0.3 is 10.2 Å². The first-order chi connectivity index (χ1) is 8.24. The summed E-state index contributed by atoms with van der Waals surface area (Å²) < 4.78 is 5.58. The number of hydrogen-bond acceptors (Lipinski definition) is 4. The maximum atomic E-state index is 5.91. The molecule has 5 heteroatoms. The second-order valence-electron chi connectivity index (χ2n) is 3.58. The number of nitrogens with two attached hydrogens (primary N) is 1. The van der Waals surface area contributed by atoms with E-state index in [2.05, 4.69) is 9.97 Å². The van der Waals surface area contributed by atoms with Crippen molar-refractivity contribution in [1.29, 1.82) is 0 Å². The van der Waals surface area contributed by atoms with Crippen LogP contribution in [-0.2, 0) is 0 Å². The molecule has 0 atom stereocenters. The maximum Gasteiger partial charge on any atom is 0.229 e. The zero-order valence-corrected chi connectivity index (χ0v) is 9.48. The van der Waals surface area contributed by atoms with Crippen molar-refractivity contribution < 1.29 is 4.42 Å². The van der Waals surface area contributed by atoms with E-state index in [9.17, 15) is 0 Å². The maximum absolute atomic E-state index is 5.91. The van der Waals surface area contributed by atoms with Gasteiger partial charge in [0.25, 0.3) is 0 Å². The van der Waals surface area contributed by atoms with Crippen molar-refractivity contribution in [2.45, 2.75) is 0 Å². The van der Waals surface area contributed by atoms with Crippen LogP contribution in [0.5, 0.6) is 0 Å². The predicted molar refractivity (Wildman–Crippen MR) is 66.7 cm³/mol. The molecular formula is C12H8ClN3O. The Morgan fingerprint density at radius 1 is 1.24 bits per heavy atom. The van der Waals surface area contributed by atoms with Gasteiger partial charge in [0.1, 0.15) is 0 Å². The molecule has 3 aromatic rings. The second kappa shape index (κ2) is 3.75. The molecule has 0 aliphatic rings. The molecule has 2 heterocycles. The summed E-state index contributed by atoms with van der Waals surface area (Å²) in [6.07, 6.45) is 1.60. The highest BCUT2D eigenvalue weighted by Crippen LogP contribution is 2.27. The number of nitrogen functional groups attached to an aromatic ring is 1. The van der Waals surface area contributed by atoms with Gasteiger partial charge in [-0.15, -0.1) is 0 Å². The molecule has 0 radical (unpaired) electrons. The Bertz CT molecular complexity index is 693. The molecule has 0 amide bonds. The van der Waals surface area contributed by atoms with Crippen molar-refractivity contribution in [3.63, 3.8) is 0 Å². The van der Waals surface area contributed by atoms with E-state index in [1.807, 2.05) is 12.1 Å². The van der Waals surface area contributed by atoms with Gasteiger partial charge >= 0.3 is 0 Å². The normalized spacial score (nSPS) is 10.9. The Morgan fingerprint density at radius 3 is 2.88 bits per heavy atom. The van der Waals surface area contributed by atoms with E-state index in [1.165, 1.54) is 0 Å². The van der Waals surface area contributed by atoms with Crippen LogP contribution in [-0.4, -0.2) is 9.97 Å². The molecule has 3 rings (SSSR count). The van der Waals surface area contributed by atoms with Gasteiger partial charge in [0, 0.05) is 16.8 Å². The lowest BCUT2D eigenvalue weighted by Crippen LogP contribution is -1.85. The number of pyridine rings is 1. The SMILES string of the molecule is Nc1ccnc2nc(-c3cccc(Cl)c3)oc12. The molecular weight excluding hydrogens is 238 g/mol. The standard InChI is InChI=1S/C12H8ClN3O/c13-8-3-1-2-7(6-8)12-16-11-10(17-12)9(14)4-5-15-11/h1-6H,(H2,14,15). The third-order valence-electron chi connectivity index (χ3n) is 2.39. The number of anilines is 1. The Balaban J connectivity index is 2.22. The van der Waals surface area contributed by atoms with Gasteiger partial charge in [0.2, 0.25) is 11.5 Å². The first-order valence-electron chi connectivity index (χ1n) is 5.01. The zero-order valence-electron chi connectivity index (χ0n) is 8.72. The predicted octanol–water partition coefficient (Wildman–Crippen LogP) is 3.13. The number of benzene rings is 1. The minimum atomic E-state index is 0.466. The quantitative estimate of drug-likeness (QED) is 0.715. The van der Waals surface area contributed by atoms with Crippen LogP contribution < -0.4 is 5.73 Å². The summed E-state index contributed by atoms with van der Waals surface area (Å²) in [5.41, 5.74) is 8.10. The lowest BCUT2D eigenvalue weighted by atomic mass is 10.2. The second-order valence-corrected chi connectivity index (χ2v) is 4.02. The van der Waals surface area contributed by atoms with Gasteiger partial charge in [0.05, 0.1) is 5.69 Å². The molecule has 0 saturated heterocycles. The van der Waals surface area contributed by atoms with Gasteiger partial charge in [-0.3, -0.25) is 0 Å². The summed E-state index contributed by atoms with van der Waals surface area (Å²) in [5, 5.41) is 0.630. The highest BCUT2D eigenvalue weighted by Gasteiger charge is 2.11. The fourth-order valence-electron chi connectivity index (χ4n) is 1.60. The summed E-state index contributed by atoms with van der Waals surface area (Å²) in [6, 6.07) is 8.95. The average molecular weight is 246 g/mol. The van der Waals surface area contributed by atoms with Crippen molar-refractivity contribution in [1.82, 2.24) is 9.97 Å². The Kier molecular flexibility index (Phi) is 2.23. The third-order valence-corrected chi connectivity index (χ3v) is 2.63. The molecule has 0 fully saturated rings. The number of fused-ring (bicyclic) bond motifs is 1. The Hall–Kier alpha value is -2.07. The van der Waals surface area contributed by atoms with Gasteiger partial charge in [-0.1, -0.05) is 17.7 Å². The van der Waals surface area contributed by atoms with Crippen molar-refractivity contribution in [3.05, 3.63) is 41.6 Å². The number of hydrogen-bond donors (Lipinski definition) is 1. The minimum Gasteiger partial charge on any atom is -0.432 e. The van der Waals surface area contributed by atoms with Crippen LogP contribution in [0, 0.1) is 0 Å². The lowest BCUT2D eigenvalue weighted by molar-refractivity contribution is 0.621. The lowest BCUT2D eigenvalue weighted by Gasteiger charge is -1.94. The number of nitrogens with zero attached hydrogens (tertiary/aromatic N) is 2. The van der Waals surface area contributed by atoms with Crippen molar-refractivity contribution >= 4 is 28.5 Å². The van der Waals surface area contributed by atoms with Crippen LogP contribution in [0.4, 0.5) is 5.69 Å². The number of aromatic nitrogens is 2. The number of halogens is 1. The van der Waals surface area contributed by atoms with Crippen LogP contribution in [0.15, 0.2) is 40.9 Å². The molecule has 4 nitrogen and oxygen atoms in total. The highest BCUT2D eigenvalue weighted by atomic mass is 35.5. The summed E-state index contributed by atoms with van der Waals surface area (Å²) in [6.45, 7) is 0. The van der Waals surface area contributed by atoms with Gasteiger partial charge in [-0.25, -0.2) is 4.98 Å². The van der Waals surface area contributed by atoms with E-state index in [1.54, 1.807) is 24.4 Å². The Labute approximate surface area is 102 Å². The first-order valence-corrected chi connectivity index (χ1v) is 5.39. The molecule has 0 aliphatic heterocycles. The van der Waals surface area contributed by atoms with Crippen LogP contribution in [0.25, 0.3) is 22.7 Å². The fraction of sp³-hybridized carbons (Fsp3) is 0. The van der Waals surface area contributed by atoms with E-state index in [0.717, 1.165) is 5.56 Å². The fourth-order valence-corrected chi connectivity index (χ4v) is 1.79. The molecule has 84 valence electrons. The average Bonchev–Trinajstić information content (AvgIpc) is 2.74. The molecule has 1 aromatic carbocycles. The van der Waals surface area contributed by atoms with Gasteiger partial charge in [0.15, 0.2) is 5.58 Å². The van der Waals surface area contributed by atoms with Gasteiger partial charge in [-0.2, -0.15) is 4.98 Å². The van der Waals surface area contributed by atoms with E-state index in [-0.39, 0.29) is 0 Å². The largest absolute Gasteiger partial charge is 0.432 e. The molecule has 0 unspecified atom stereocenters. The smallest absolute Gasteiger partial charge is 0.229 e. The number of rotatable bonds is 1. The van der Waals surface area contributed by atoms with Crippen LogP contribution in [0.2, 0.25) is 5.02 Å². The highest BCUT2D eigenvalue weighted by molar-refractivity contribution is 6.30. The molecule has 0 saturated carbocycles. The van der Waals surface area contributed by atoms with E-state index < -0.39 is 0 Å². The number of oxazole rings is 1. The van der Waals surface area contributed by atoms with Gasteiger partial charge in [-0.05, 0) is 24.3 Å². The first kappa shape index (κ1) is 10.1. The molecule has 0 bridgehead atoms. The van der Waals surface area contributed by atoms with Crippen LogP contribution in [0.1, 0.15) is 0 Å². The van der Waals surface area contributed by atoms with Crippen LogP contribution in [0.3, 0.4) is 0 Å². The minimum absolute atomic E-state index is 0.466. The third kappa shape index (κ3) is 1.72. The van der Waals surface area contributed by atoms with Crippen molar-refractivity contribution in [2.24, 2.45) is 0 Å². The summed E-state index contributed by atoms with van der Waals surface area (Å²) in [5.74, 6) is 0.466. The van der Waals surface area contributed by atoms with E-state index in [0.29, 0.717) is 27.8 Å². The molecule has 0 spiro atoms. The van der Waals surface area contributed by atoms with Crippen molar-refractivity contribution in [2.75, 3.05) is 5.73 Å². The van der Waals surface area contributed by atoms with Crippen molar-refractivity contribution in [3.8, 4) is 11.5 Å². The summed E-state index contributed by atoms with van der Waals surface area (Å²) in [7, 11) is 0. The summed E-state index contributed by atoms with van der Waals surface area (Å²) >= 11 is 5.91. The molecule has 2 N–H and O–H groups in total. The van der Waals surface area contributed by atoms with Crippen LogP contribution >= 0.6 is 11.6 Å². The Morgan fingerprint density at radius 2 is 2.12 bits per heavy atom. The molecule has 2 aromatic heterocycles. The summed E-state index contributed by atoms with van der Waals surface area (Å²) in [4.78, 5) is 8.36. The topological polar surface area (TPSA) is 64.9 Å². The van der Waals surface area contributed by atoms with E-state index in [4.69, 9.17) is 21.8 Å². The zero-order chi connectivity index (χ0) is 11.8. The van der Waals surface area contributed by atoms with E-state index >= 15 is 0 Å². The monoisotopic (exact) mass is 245 g/mol. The molecule has 0 aliphatic carbocycles. The molecule has 17 heavy (non-hydrogen) atoms.